The van der Waals surface area contributed by atoms with E-state index in [9.17, 15) is 9.90 Å². The van der Waals surface area contributed by atoms with E-state index in [0.29, 0.717) is 29.7 Å². The number of aromatic nitrogens is 1. The van der Waals surface area contributed by atoms with Crippen LogP contribution in [0.25, 0.3) is 0 Å². The Bertz CT molecular complexity index is 496. The fourth-order valence-corrected chi connectivity index (χ4v) is 2.17. The van der Waals surface area contributed by atoms with Gasteiger partial charge in [-0.25, -0.2) is 4.98 Å². The summed E-state index contributed by atoms with van der Waals surface area (Å²) in [6.45, 7) is 0. The molecule has 1 aromatic heterocycles. The van der Waals surface area contributed by atoms with Gasteiger partial charge in [-0.1, -0.05) is 0 Å². The molecule has 0 saturated carbocycles. The van der Waals surface area contributed by atoms with Crippen molar-refractivity contribution in [3.8, 4) is 5.88 Å². The molecule has 0 bridgehead atoms. The molecule has 1 aliphatic rings. The molecular formula is C13H15NO4. The maximum atomic E-state index is 10.9. The summed E-state index contributed by atoms with van der Waals surface area (Å²) in [5.74, 6) is 0.722. The van der Waals surface area contributed by atoms with Gasteiger partial charge in [-0.3, -0.25) is 4.79 Å². The topological polar surface area (TPSA) is 68.7 Å². The molecule has 5 nitrogen and oxygen atoms in total. The van der Waals surface area contributed by atoms with Crippen molar-refractivity contribution in [3.05, 3.63) is 34.7 Å². The van der Waals surface area contributed by atoms with Crippen LogP contribution in [-0.2, 0) is 16.0 Å². The van der Waals surface area contributed by atoms with Crippen molar-refractivity contribution >= 4 is 6.29 Å². The maximum absolute atomic E-state index is 10.9. The van der Waals surface area contributed by atoms with Gasteiger partial charge in [0.15, 0.2) is 12.0 Å². The number of methoxy groups -OCH3 is 2. The number of pyridine rings is 1. The Morgan fingerprint density at radius 3 is 2.89 bits per heavy atom. The van der Waals surface area contributed by atoms with Crippen molar-refractivity contribution in [2.75, 3.05) is 14.2 Å². The van der Waals surface area contributed by atoms with Crippen LogP contribution < -0.4 is 4.74 Å². The number of allylic oxidation sites excluding steroid dienone is 1. The van der Waals surface area contributed by atoms with Crippen LogP contribution in [0.5, 0.6) is 5.88 Å². The zero-order valence-corrected chi connectivity index (χ0v) is 10.3. The first kappa shape index (κ1) is 12.6. The molecule has 0 radical (unpaired) electrons. The Morgan fingerprint density at radius 1 is 1.50 bits per heavy atom. The molecule has 1 heterocycles. The zero-order chi connectivity index (χ0) is 13.1. The standard InChI is InChI=1S/C13H15NO4/c1-17-11(7-15)9-4-3-8-5-12(18-2)14-6-10(8)13(9)16/h5-7,13,16H,3-4H2,1-2H3. The van der Waals surface area contributed by atoms with E-state index < -0.39 is 6.10 Å². The van der Waals surface area contributed by atoms with Crippen molar-refractivity contribution in [3.63, 3.8) is 0 Å². The van der Waals surface area contributed by atoms with E-state index in [1.165, 1.54) is 7.11 Å². The molecule has 1 atom stereocenters. The molecule has 5 heteroatoms. The first-order valence-electron chi connectivity index (χ1n) is 5.64. The number of aldehydes is 1. The minimum absolute atomic E-state index is 0.198. The van der Waals surface area contributed by atoms with Gasteiger partial charge in [0.1, 0.15) is 6.10 Å². The van der Waals surface area contributed by atoms with Gasteiger partial charge >= 0.3 is 0 Å². The Labute approximate surface area is 105 Å². The van der Waals surface area contributed by atoms with Gasteiger partial charge in [0, 0.05) is 23.4 Å². The lowest BCUT2D eigenvalue weighted by Gasteiger charge is -2.25. The molecule has 96 valence electrons. The number of nitrogens with zero attached hydrogens (tertiary/aromatic N) is 1. The Morgan fingerprint density at radius 2 is 2.28 bits per heavy atom. The lowest BCUT2D eigenvalue weighted by atomic mass is 9.86. The molecule has 1 unspecified atom stereocenters. The smallest absolute Gasteiger partial charge is 0.213 e. The van der Waals surface area contributed by atoms with Gasteiger partial charge < -0.3 is 14.6 Å². The van der Waals surface area contributed by atoms with E-state index in [0.717, 1.165) is 12.0 Å². The average molecular weight is 249 g/mol. The van der Waals surface area contributed by atoms with Gasteiger partial charge in [0.25, 0.3) is 0 Å². The van der Waals surface area contributed by atoms with E-state index >= 15 is 0 Å². The number of hydrogen-bond acceptors (Lipinski definition) is 5. The van der Waals surface area contributed by atoms with E-state index in [-0.39, 0.29) is 5.76 Å². The highest BCUT2D eigenvalue weighted by atomic mass is 16.5. The molecule has 2 rings (SSSR count). The molecule has 1 N–H and O–H groups in total. The molecule has 0 spiro atoms. The van der Waals surface area contributed by atoms with Crippen LogP contribution in [0.4, 0.5) is 0 Å². The third-order valence-corrected chi connectivity index (χ3v) is 3.14. The first-order chi connectivity index (χ1) is 8.71. The molecule has 0 aliphatic heterocycles. The Kier molecular flexibility index (Phi) is 3.62. The van der Waals surface area contributed by atoms with Crippen molar-refractivity contribution in [1.82, 2.24) is 4.98 Å². The summed E-state index contributed by atoms with van der Waals surface area (Å²) in [5, 5.41) is 10.2. The second-order valence-corrected chi connectivity index (χ2v) is 4.04. The normalized spacial score (nSPS) is 20.9. The van der Waals surface area contributed by atoms with Crippen molar-refractivity contribution in [2.24, 2.45) is 0 Å². The summed E-state index contributed by atoms with van der Waals surface area (Å²) in [4.78, 5) is 14.9. The number of rotatable bonds is 3. The van der Waals surface area contributed by atoms with Gasteiger partial charge in [-0.15, -0.1) is 0 Å². The van der Waals surface area contributed by atoms with Gasteiger partial charge in [0.05, 0.1) is 14.2 Å². The minimum atomic E-state index is -0.840. The van der Waals surface area contributed by atoms with Crippen molar-refractivity contribution in [2.45, 2.75) is 18.9 Å². The van der Waals surface area contributed by atoms with E-state index in [4.69, 9.17) is 9.47 Å². The van der Waals surface area contributed by atoms with Gasteiger partial charge in [0.2, 0.25) is 5.88 Å². The SMILES string of the molecule is COC(C=O)=C1CCc2cc(OC)ncc2C1O. The number of carbonyl (C=O) groups is 1. The number of carbonyl (C=O) groups excluding carboxylic acids is 1. The van der Waals surface area contributed by atoms with Crippen LogP contribution in [0.2, 0.25) is 0 Å². The van der Waals surface area contributed by atoms with Crippen molar-refractivity contribution < 1.29 is 19.4 Å². The summed E-state index contributed by atoms with van der Waals surface area (Å²) >= 11 is 0. The molecule has 0 amide bonds. The van der Waals surface area contributed by atoms with Crippen LogP contribution in [0, 0.1) is 0 Å². The molecule has 18 heavy (non-hydrogen) atoms. The largest absolute Gasteiger partial charge is 0.493 e. The predicted molar refractivity (Wildman–Crippen MR) is 64.2 cm³/mol. The first-order valence-corrected chi connectivity index (χ1v) is 5.64. The minimum Gasteiger partial charge on any atom is -0.493 e. The van der Waals surface area contributed by atoms with Crippen molar-refractivity contribution in [1.29, 1.82) is 0 Å². The highest BCUT2D eigenvalue weighted by molar-refractivity contribution is 5.72. The van der Waals surface area contributed by atoms with Crippen LogP contribution in [0.1, 0.15) is 23.7 Å². The van der Waals surface area contributed by atoms with Gasteiger partial charge in [-0.05, 0) is 18.4 Å². The quantitative estimate of drug-likeness (QED) is 0.494. The van der Waals surface area contributed by atoms with E-state index in [2.05, 4.69) is 4.98 Å². The number of aliphatic hydroxyl groups excluding tert-OH is 1. The third-order valence-electron chi connectivity index (χ3n) is 3.14. The highest BCUT2D eigenvalue weighted by Crippen LogP contribution is 2.36. The van der Waals surface area contributed by atoms with Crippen LogP contribution in [-0.4, -0.2) is 30.6 Å². The van der Waals surface area contributed by atoms with E-state index in [1.54, 1.807) is 13.3 Å². The molecule has 0 saturated heterocycles. The molecular weight excluding hydrogens is 234 g/mol. The number of hydrogen-bond donors (Lipinski definition) is 1. The molecule has 1 aromatic rings. The summed E-state index contributed by atoms with van der Waals surface area (Å²) in [6.07, 6.45) is 2.67. The number of aliphatic hydroxyl groups is 1. The highest BCUT2D eigenvalue weighted by Gasteiger charge is 2.26. The zero-order valence-electron chi connectivity index (χ0n) is 10.3. The predicted octanol–water partition coefficient (Wildman–Crippen LogP) is 1.17. The molecule has 0 aromatic carbocycles. The summed E-state index contributed by atoms with van der Waals surface area (Å²) in [7, 11) is 2.97. The fourth-order valence-electron chi connectivity index (χ4n) is 2.17. The maximum Gasteiger partial charge on any atom is 0.213 e. The molecule has 0 fully saturated rings. The number of fused-ring (bicyclic) bond motifs is 1. The third kappa shape index (κ3) is 2.09. The second-order valence-electron chi connectivity index (χ2n) is 4.04. The van der Waals surface area contributed by atoms with Crippen LogP contribution >= 0.6 is 0 Å². The fraction of sp³-hybridized carbons (Fsp3) is 0.385. The lowest BCUT2D eigenvalue weighted by Crippen LogP contribution is -2.16. The van der Waals surface area contributed by atoms with Crippen LogP contribution in [0.15, 0.2) is 23.6 Å². The summed E-state index contributed by atoms with van der Waals surface area (Å²) in [5.41, 5.74) is 2.29. The Balaban J connectivity index is 2.43. The van der Waals surface area contributed by atoms with Gasteiger partial charge in [-0.2, -0.15) is 0 Å². The monoisotopic (exact) mass is 249 g/mol. The summed E-state index contributed by atoms with van der Waals surface area (Å²) in [6, 6.07) is 1.81. The second kappa shape index (κ2) is 5.18. The van der Waals surface area contributed by atoms with Crippen LogP contribution in [0.3, 0.4) is 0 Å². The Hall–Kier alpha value is -1.88. The number of ether oxygens (including phenoxy) is 2. The molecule has 1 aliphatic carbocycles. The lowest BCUT2D eigenvalue weighted by molar-refractivity contribution is -0.107. The van der Waals surface area contributed by atoms with E-state index in [1.807, 2.05) is 6.07 Å². The summed E-state index contributed by atoms with van der Waals surface area (Å²) < 4.78 is 10.0. The number of aryl methyl sites for hydroxylation is 1. The average Bonchev–Trinajstić information content (AvgIpc) is 2.42.